The van der Waals surface area contributed by atoms with E-state index < -0.39 is 0 Å². The maximum Gasteiger partial charge on any atom is 0.204 e. The second-order valence-electron chi connectivity index (χ2n) is 7.37. The summed E-state index contributed by atoms with van der Waals surface area (Å²) in [4.78, 5) is 2.42. The summed E-state index contributed by atoms with van der Waals surface area (Å²) in [5.41, 5.74) is 1.78. The van der Waals surface area contributed by atoms with Gasteiger partial charge in [-0.25, -0.2) is 4.68 Å². The topological polar surface area (TPSA) is 26.0 Å². The molecule has 146 valence electrons. The highest BCUT2D eigenvalue weighted by Crippen LogP contribution is 2.31. The Kier molecular flexibility index (Phi) is 5.88. The van der Waals surface area contributed by atoms with Gasteiger partial charge in [-0.3, -0.25) is 9.47 Å². The quantitative estimate of drug-likeness (QED) is 0.468. The maximum atomic E-state index is 6.50. The summed E-state index contributed by atoms with van der Waals surface area (Å²) < 4.78 is 4.55. The van der Waals surface area contributed by atoms with E-state index in [-0.39, 0.29) is 0 Å². The fraction of sp³-hybridized carbons (Fsp3) is 0.333. The molecule has 1 saturated heterocycles. The van der Waals surface area contributed by atoms with Gasteiger partial charge in [-0.05, 0) is 67.9 Å². The van der Waals surface area contributed by atoms with Crippen LogP contribution in [0.1, 0.15) is 19.8 Å². The summed E-state index contributed by atoms with van der Waals surface area (Å²) in [6, 6.07) is 15.5. The number of likely N-dealkylation sites (tertiary alicyclic amines) is 1. The van der Waals surface area contributed by atoms with Gasteiger partial charge in [-0.2, -0.15) is 0 Å². The molecule has 28 heavy (non-hydrogen) atoms. The molecule has 4 nitrogen and oxygen atoms in total. The van der Waals surface area contributed by atoms with Crippen LogP contribution in [0.4, 0.5) is 0 Å². The van der Waals surface area contributed by atoms with Crippen molar-refractivity contribution < 1.29 is 0 Å². The van der Waals surface area contributed by atoms with Gasteiger partial charge in [-0.15, -0.1) is 5.10 Å². The van der Waals surface area contributed by atoms with E-state index in [1.54, 1.807) is 6.07 Å². The largest absolute Gasteiger partial charge is 0.284 e. The van der Waals surface area contributed by atoms with E-state index in [4.69, 9.17) is 40.5 Å². The second kappa shape index (κ2) is 8.37. The third-order valence-electron chi connectivity index (χ3n) is 5.10. The molecule has 0 aliphatic carbocycles. The first kappa shape index (κ1) is 19.6. The van der Waals surface area contributed by atoms with Crippen molar-refractivity contribution in [3.05, 3.63) is 63.3 Å². The predicted molar refractivity (Wildman–Crippen MR) is 118 cm³/mol. The lowest BCUT2D eigenvalue weighted by atomic mass is 10.0. The van der Waals surface area contributed by atoms with Crippen molar-refractivity contribution in [2.24, 2.45) is 5.92 Å². The summed E-state index contributed by atoms with van der Waals surface area (Å²) in [7, 11) is 0. The summed E-state index contributed by atoms with van der Waals surface area (Å²) in [5.74, 6) is 1.42. The SMILES string of the molecule is C[C@@H]1CCCN(Cn2nc(-c3ccc(Cl)cc3Cl)n(-c3ccccc3)c2=S)C1. The predicted octanol–water partition coefficient (Wildman–Crippen LogP) is 6.07. The Labute approximate surface area is 180 Å². The molecule has 1 aliphatic rings. The van der Waals surface area contributed by atoms with Crippen molar-refractivity contribution in [2.75, 3.05) is 13.1 Å². The van der Waals surface area contributed by atoms with Gasteiger partial charge in [-0.1, -0.05) is 48.3 Å². The highest BCUT2D eigenvalue weighted by Gasteiger charge is 2.21. The number of halogens is 2. The molecule has 0 unspecified atom stereocenters. The van der Waals surface area contributed by atoms with Crippen LogP contribution in [0.3, 0.4) is 0 Å². The molecule has 1 aliphatic heterocycles. The highest BCUT2D eigenvalue weighted by atomic mass is 35.5. The molecule has 1 atom stereocenters. The zero-order valence-electron chi connectivity index (χ0n) is 15.7. The number of rotatable bonds is 4. The summed E-state index contributed by atoms with van der Waals surface area (Å²) >= 11 is 18.4. The summed E-state index contributed by atoms with van der Waals surface area (Å²) in [5, 5.41) is 6.03. The lowest BCUT2D eigenvalue weighted by molar-refractivity contribution is 0.138. The normalized spacial score (nSPS) is 17.8. The van der Waals surface area contributed by atoms with Crippen LogP contribution in [0.2, 0.25) is 10.0 Å². The Morgan fingerprint density at radius 3 is 2.64 bits per heavy atom. The van der Waals surface area contributed by atoms with Gasteiger partial charge in [0.25, 0.3) is 0 Å². The number of piperidine rings is 1. The Morgan fingerprint density at radius 1 is 1.14 bits per heavy atom. The molecule has 0 N–H and O–H groups in total. The minimum absolute atomic E-state index is 0.559. The van der Waals surface area contributed by atoms with Crippen molar-refractivity contribution >= 4 is 35.4 Å². The van der Waals surface area contributed by atoms with E-state index >= 15 is 0 Å². The molecule has 1 aromatic heterocycles. The average molecular weight is 433 g/mol. The molecule has 2 heterocycles. The molecule has 0 bridgehead atoms. The van der Waals surface area contributed by atoms with E-state index in [9.17, 15) is 0 Å². The Balaban J connectivity index is 1.81. The molecule has 0 saturated carbocycles. The van der Waals surface area contributed by atoms with Crippen LogP contribution in [-0.4, -0.2) is 32.3 Å². The Hall–Kier alpha value is -1.66. The van der Waals surface area contributed by atoms with Crippen molar-refractivity contribution in [1.29, 1.82) is 0 Å². The van der Waals surface area contributed by atoms with Crippen LogP contribution in [0, 0.1) is 10.7 Å². The van der Waals surface area contributed by atoms with Crippen LogP contribution in [0.5, 0.6) is 0 Å². The number of nitrogens with zero attached hydrogens (tertiary/aromatic N) is 4. The zero-order valence-corrected chi connectivity index (χ0v) is 18.0. The van der Waals surface area contributed by atoms with Crippen molar-refractivity contribution in [3.63, 3.8) is 0 Å². The molecule has 3 aromatic rings. The van der Waals surface area contributed by atoms with Gasteiger partial charge < -0.3 is 0 Å². The standard InChI is InChI=1S/C21H22Cl2N4S/c1-15-6-5-11-25(13-15)14-26-21(28)27(17-7-3-2-4-8-17)20(24-26)18-10-9-16(22)12-19(18)23/h2-4,7-10,12,15H,5-6,11,13-14H2,1H3/t15-/m1/s1. The molecule has 2 aromatic carbocycles. The van der Waals surface area contributed by atoms with Crippen LogP contribution in [0.25, 0.3) is 17.1 Å². The minimum atomic E-state index is 0.559. The first-order valence-corrected chi connectivity index (χ1v) is 10.6. The second-order valence-corrected chi connectivity index (χ2v) is 8.58. The van der Waals surface area contributed by atoms with Gasteiger partial charge in [0.1, 0.15) is 0 Å². The van der Waals surface area contributed by atoms with E-state index in [1.807, 2.05) is 51.7 Å². The van der Waals surface area contributed by atoms with E-state index in [0.717, 1.165) is 30.2 Å². The number of para-hydroxylation sites is 1. The van der Waals surface area contributed by atoms with Crippen LogP contribution in [0.15, 0.2) is 48.5 Å². The van der Waals surface area contributed by atoms with Gasteiger partial charge in [0.2, 0.25) is 4.77 Å². The summed E-state index contributed by atoms with van der Waals surface area (Å²) in [6.07, 6.45) is 2.50. The first-order valence-electron chi connectivity index (χ1n) is 9.46. The molecule has 0 spiro atoms. The third kappa shape index (κ3) is 4.03. The van der Waals surface area contributed by atoms with E-state index in [0.29, 0.717) is 27.4 Å². The molecule has 1 fully saturated rings. The van der Waals surface area contributed by atoms with Gasteiger partial charge in [0.05, 0.1) is 11.7 Å². The molecule has 4 rings (SSSR count). The van der Waals surface area contributed by atoms with E-state index in [1.165, 1.54) is 12.8 Å². The molecule has 0 amide bonds. The number of benzene rings is 2. The number of hydrogen-bond acceptors (Lipinski definition) is 3. The zero-order chi connectivity index (χ0) is 19.7. The fourth-order valence-electron chi connectivity index (χ4n) is 3.76. The summed E-state index contributed by atoms with van der Waals surface area (Å²) in [6.45, 7) is 5.12. The maximum absolute atomic E-state index is 6.50. The average Bonchev–Trinajstić information content (AvgIpc) is 2.98. The monoisotopic (exact) mass is 432 g/mol. The van der Waals surface area contributed by atoms with Crippen LogP contribution in [-0.2, 0) is 6.67 Å². The van der Waals surface area contributed by atoms with Gasteiger partial charge in [0.15, 0.2) is 5.82 Å². The minimum Gasteiger partial charge on any atom is -0.284 e. The smallest absolute Gasteiger partial charge is 0.204 e. The van der Waals surface area contributed by atoms with Crippen molar-refractivity contribution in [3.8, 4) is 17.1 Å². The number of aromatic nitrogens is 3. The highest BCUT2D eigenvalue weighted by molar-refractivity contribution is 7.71. The van der Waals surface area contributed by atoms with Crippen LogP contribution >= 0.6 is 35.4 Å². The van der Waals surface area contributed by atoms with Crippen molar-refractivity contribution in [2.45, 2.75) is 26.4 Å². The lowest BCUT2D eigenvalue weighted by Crippen LogP contribution is -2.36. The molecule has 7 heteroatoms. The number of hydrogen-bond donors (Lipinski definition) is 0. The van der Waals surface area contributed by atoms with Crippen LogP contribution < -0.4 is 0 Å². The first-order chi connectivity index (χ1) is 13.5. The fourth-order valence-corrected chi connectivity index (χ4v) is 4.54. The van der Waals surface area contributed by atoms with Gasteiger partial charge >= 0.3 is 0 Å². The van der Waals surface area contributed by atoms with Crippen molar-refractivity contribution in [1.82, 2.24) is 19.2 Å². The lowest BCUT2D eigenvalue weighted by Gasteiger charge is -2.30. The molecular formula is C21H22Cl2N4S. The molecule has 0 radical (unpaired) electrons. The van der Waals surface area contributed by atoms with Gasteiger partial charge in [0, 0.05) is 22.8 Å². The Morgan fingerprint density at radius 2 is 1.93 bits per heavy atom. The molecular weight excluding hydrogens is 411 g/mol. The Bertz CT molecular complexity index is 1030. The van der Waals surface area contributed by atoms with E-state index in [2.05, 4.69) is 11.8 Å². The third-order valence-corrected chi connectivity index (χ3v) is 6.04.